The largest absolute Gasteiger partial charge is 0.481 e. The quantitative estimate of drug-likeness (QED) is 0.697. The highest BCUT2D eigenvalue weighted by atomic mass is 16.4. The number of aliphatic hydroxyl groups is 1. The van der Waals surface area contributed by atoms with Crippen LogP contribution in [0.5, 0.6) is 0 Å². The van der Waals surface area contributed by atoms with Crippen molar-refractivity contribution < 1.29 is 19.8 Å². The molecular weight excluding hydrogens is 248 g/mol. The number of rotatable bonds is 5. The van der Waals surface area contributed by atoms with E-state index in [1.165, 1.54) is 4.90 Å². The van der Waals surface area contributed by atoms with E-state index < -0.39 is 23.5 Å². The Balaban J connectivity index is 2.46. The van der Waals surface area contributed by atoms with E-state index in [0.29, 0.717) is 12.8 Å². The van der Waals surface area contributed by atoms with Gasteiger partial charge in [0.05, 0.1) is 18.1 Å². The SMILES string of the molecule is CC(NC(=O)N(C)CC1(O)CCCC1)C(C)C(=O)O. The van der Waals surface area contributed by atoms with Gasteiger partial charge in [0.2, 0.25) is 0 Å². The number of hydrogen-bond acceptors (Lipinski definition) is 3. The number of carbonyl (C=O) groups excluding carboxylic acids is 1. The summed E-state index contributed by atoms with van der Waals surface area (Å²) in [6, 6.07) is -0.799. The van der Waals surface area contributed by atoms with Crippen molar-refractivity contribution in [3.8, 4) is 0 Å². The number of urea groups is 1. The molecule has 2 unspecified atom stereocenters. The van der Waals surface area contributed by atoms with Crippen molar-refractivity contribution >= 4 is 12.0 Å². The van der Waals surface area contributed by atoms with Crippen LogP contribution >= 0.6 is 0 Å². The molecule has 0 bridgehead atoms. The van der Waals surface area contributed by atoms with Crippen molar-refractivity contribution in [2.45, 2.75) is 51.2 Å². The Morgan fingerprint density at radius 1 is 1.32 bits per heavy atom. The van der Waals surface area contributed by atoms with E-state index in [0.717, 1.165) is 12.8 Å². The first-order valence-electron chi connectivity index (χ1n) is 6.72. The first kappa shape index (κ1) is 15.8. The summed E-state index contributed by atoms with van der Waals surface area (Å²) in [5, 5.41) is 21.7. The second-order valence-corrected chi connectivity index (χ2v) is 5.65. The Bertz CT molecular complexity index is 340. The second-order valence-electron chi connectivity index (χ2n) is 5.65. The molecule has 0 aromatic rings. The van der Waals surface area contributed by atoms with Crippen LogP contribution in [0.15, 0.2) is 0 Å². The molecule has 0 aromatic heterocycles. The monoisotopic (exact) mass is 272 g/mol. The lowest BCUT2D eigenvalue weighted by Gasteiger charge is -2.30. The van der Waals surface area contributed by atoms with E-state index in [4.69, 9.17) is 5.11 Å². The molecule has 0 radical (unpaired) electrons. The standard InChI is InChI=1S/C13H24N2O4/c1-9(11(16)17)10(2)14-12(18)15(3)8-13(19)6-4-5-7-13/h9-10,19H,4-8H2,1-3H3,(H,14,18)(H,16,17). The van der Waals surface area contributed by atoms with Gasteiger partial charge in [0.25, 0.3) is 0 Å². The fourth-order valence-electron chi connectivity index (χ4n) is 2.35. The fraction of sp³-hybridized carbons (Fsp3) is 0.846. The molecule has 19 heavy (non-hydrogen) atoms. The summed E-state index contributed by atoms with van der Waals surface area (Å²) < 4.78 is 0. The molecule has 1 saturated carbocycles. The first-order chi connectivity index (χ1) is 8.75. The molecule has 1 rings (SSSR count). The van der Waals surface area contributed by atoms with Crippen molar-refractivity contribution in [2.75, 3.05) is 13.6 Å². The summed E-state index contributed by atoms with van der Waals surface area (Å²) in [4.78, 5) is 24.2. The van der Waals surface area contributed by atoms with Crippen LogP contribution < -0.4 is 5.32 Å². The van der Waals surface area contributed by atoms with Crippen molar-refractivity contribution in [3.63, 3.8) is 0 Å². The predicted octanol–water partition coefficient (Wildman–Crippen LogP) is 1.04. The minimum atomic E-state index is -0.940. The van der Waals surface area contributed by atoms with Gasteiger partial charge in [-0.2, -0.15) is 0 Å². The molecule has 0 spiro atoms. The molecule has 0 saturated heterocycles. The molecule has 3 N–H and O–H groups in total. The number of hydrogen-bond donors (Lipinski definition) is 3. The predicted molar refractivity (Wildman–Crippen MR) is 70.8 cm³/mol. The van der Waals surface area contributed by atoms with E-state index in [1.807, 2.05) is 0 Å². The molecule has 1 fully saturated rings. The van der Waals surface area contributed by atoms with Crippen molar-refractivity contribution in [1.29, 1.82) is 0 Å². The zero-order valence-electron chi connectivity index (χ0n) is 11.8. The number of likely N-dealkylation sites (N-methyl/N-ethyl adjacent to an activating group) is 1. The average molecular weight is 272 g/mol. The summed E-state index contributed by atoms with van der Waals surface area (Å²) in [6.45, 7) is 3.50. The lowest BCUT2D eigenvalue weighted by atomic mass is 10.0. The topological polar surface area (TPSA) is 89.9 Å². The maximum Gasteiger partial charge on any atom is 0.317 e. The Morgan fingerprint density at radius 3 is 2.32 bits per heavy atom. The van der Waals surface area contributed by atoms with Gasteiger partial charge in [-0.1, -0.05) is 12.8 Å². The van der Waals surface area contributed by atoms with Gasteiger partial charge in [0.15, 0.2) is 0 Å². The third kappa shape index (κ3) is 4.38. The maximum atomic E-state index is 11.9. The summed E-state index contributed by atoms with van der Waals surface area (Å²) >= 11 is 0. The van der Waals surface area contributed by atoms with E-state index in [-0.39, 0.29) is 12.6 Å². The van der Waals surface area contributed by atoms with Crippen LogP contribution in [0, 0.1) is 5.92 Å². The lowest BCUT2D eigenvalue weighted by Crippen LogP contribution is -2.50. The van der Waals surface area contributed by atoms with E-state index >= 15 is 0 Å². The van der Waals surface area contributed by atoms with Crippen LogP contribution in [0.2, 0.25) is 0 Å². The summed E-state index contributed by atoms with van der Waals surface area (Å²) in [6.07, 6.45) is 3.40. The normalized spacial score (nSPS) is 20.6. The number of nitrogens with one attached hydrogen (secondary N) is 1. The molecule has 0 aromatic carbocycles. The molecule has 0 aliphatic heterocycles. The number of carbonyl (C=O) groups is 2. The van der Waals surface area contributed by atoms with Crippen LogP contribution in [0.3, 0.4) is 0 Å². The Kier molecular flexibility index (Phi) is 5.17. The van der Waals surface area contributed by atoms with Crippen LogP contribution in [-0.2, 0) is 4.79 Å². The third-order valence-corrected chi connectivity index (χ3v) is 3.90. The van der Waals surface area contributed by atoms with Crippen LogP contribution in [0.4, 0.5) is 4.79 Å². The van der Waals surface area contributed by atoms with Crippen LogP contribution in [0.25, 0.3) is 0 Å². The van der Waals surface area contributed by atoms with Gasteiger partial charge < -0.3 is 20.4 Å². The van der Waals surface area contributed by atoms with Crippen molar-refractivity contribution in [1.82, 2.24) is 10.2 Å². The summed E-state index contributed by atoms with van der Waals surface area (Å²) in [5.74, 6) is -1.59. The van der Waals surface area contributed by atoms with Gasteiger partial charge in [-0.05, 0) is 26.7 Å². The van der Waals surface area contributed by atoms with Gasteiger partial charge in [-0.25, -0.2) is 4.79 Å². The van der Waals surface area contributed by atoms with E-state index in [1.54, 1.807) is 20.9 Å². The van der Waals surface area contributed by atoms with Gasteiger partial charge in [-0.3, -0.25) is 4.79 Å². The summed E-state index contributed by atoms with van der Waals surface area (Å²) in [5.41, 5.74) is -0.784. The average Bonchev–Trinajstić information content (AvgIpc) is 2.74. The minimum absolute atomic E-state index is 0.285. The lowest BCUT2D eigenvalue weighted by molar-refractivity contribution is -0.141. The fourth-order valence-corrected chi connectivity index (χ4v) is 2.35. The minimum Gasteiger partial charge on any atom is -0.481 e. The molecule has 1 aliphatic carbocycles. The number of nitrogens with zero attached hydrogens (tertiary/aromatic N) is 1. The maximum absolute atomic E-state index is 11.9. The van der Waals surface area contributed by atoms with Gasteiger partial charge >= 0.3 is 12.0 Å². The Labute approximate surface area is 113 Å². The van der Waals surface area contributed by atoms with Crippen molar-refractivity contribution in [3.05, 3.63) is 0 Å². The zero-order valence-corrected chi connectivity index (χ0v) is 11.8. The highest BCUT2D eigenvalue weighted by Gasteiger charge is 2.34. The summed E-state index contributed by atoms with van der Waals surface area (Å²) in [7, 11) is 1.61. The van der Waals surface area contributed by atoms with Crippen LogP contribution in [-0.4, -0.2) is 52.3 Å². The van der Waals surface area contributed by atoms with Gasteiger partial charge in [-0.15, -0.1) is 0 Å². The molecule has 6 heteroatoms. The Morgan fingerprint density at radius 2 is 1.84 bits per heavy atom. The number of aliphatic carboxylic acids is 1. The molecular formula is C13H24N2O4. The van der Waals surface area contributed by atoms with Gasteiger partial charge in [0.1, 0.15) is 0 Å². The van der Waals surface area contributed by atoms with E-state index in [2.05, 4.69) is 5.32 Å². The molecule has 6 nitrogen and oxygen atoms in total. The zero-order chi connectivity index (χ0) is 14.6. The number of amides is 2. The first-order valence-corrected chi connectivity index (χ1v) is 6.72. The highest BCUT2D eigenvalue weighted by molar-refractivity contribution is 5.76. The Hall–Kier alpha value is -1.30. The number of carboxylic acids is 1. The van der Waals surface area contributed by atoms with Gasteiger partial charge in [0, 0.05) is 13.1 Å². The molecule has 110 valence electrons. The molecule has 2 amide bonds. The molecule has 1 aliphatic rings. The molecule has 0 heterocycles. The molecule has 2 atom stereocenters. The number of carboxylic acid groups (broad SMARTS) is 1. The highest BCUT2D eigenvalue weighted by Crippen LogP contribution is 2.29. The second kappa shape index (κ2) is 6.23. The smallest absolute Gasteiger partial charge is 0.317 e. The van der Waals surface area contributed by atoms with Crippen molar-refractivity contribution in [2.24, 2.45) is 5.92 Å². The van der Waals surface area contributed by atoms with E-state index in [9.17, 15) is 14.7 Å². The van der Waals surface area contributed by atoms with Crippen LogP contribution in [0.1, 0.15) is 39.5 Å². The third-order valence-electron chi connectivity index (χ3n) is 3.90.